The van der Waals surface area contributed by atoms with Gasteiger partial charge in [0, 0.05) is 4.47 Å². The van der Waals surface area contributed by atoms with Crippen molar-refractivity contribution in [1.29, 1.82) is 0 Å². The van der Waals surface area contributed by atoms with Crippen LogP contribution in [-0.4, -0.2) is 17.4 Å². The molecule has 88 valence electrons. The molecule has 0 spiro atoms. The molecule has 0 heterocycles. The highest BCUT2D eigenvalue weighted by atomic mass is 79.9. The number of carbonyl (C=O) groups is 1. The normalized spacial score (nSPS) is 12.2. The molecule has 1 unspecified atom stereocenters. The van der Waals surface area contributed by atoms with Gasteiger partial charge in [0.15, 0.2) is 0 Å². The van der Waals surface area contributed by atoms with Crippen LogP contribution < -0.4 is 0 Å². The summed E-state index contributed by atoms with van der Waals surface area (Å²) < 4.78 is 6.00. The molecule has 0 aliphatic carbocycles. The number of benzene rings is 1. The van der Waals surface area contributed by atoms with Gasteiger partial charge in [-0.1, -0.05) is 50.1 Å². The molecule has 0 bridgehead atoms. The molecule has 0 amide bonds. The van der Waals surface area contributed by atoms with Crippen LogP contribution in [0, 0.1) is 6.92 Å². The van der Waals surface area contributed by atoms with Crippen LogP contribution in [0.25, 0.3) is 0 Å². The molecule has 1 aromatic rings. The third-order valence-electron chi connectivity index (χ3n) is 2.21. The lowest BCUT2D eigenvalue weighted by Crippen LogP contribution is -2.19. The summed E-state index contributed by atoms with van der Waals surface area (Å²) in [5, 5.41) is 0. The third-order valence-corrected chi connectivity index (χ3v) is 4.05. The highest BCUT2D eigenvalue weighted by molar-refractivity contribution is 9.10. The number of carbonyl (C=O) groups excluding carboxylic acids is 1. The van der Waals surface area contributed by atoms with Crippen molar-refractivity contribution in [1.82, 2.24) is 0 Å². The van der Waals surface area contributed by atoms with Crippen LogP contribution in [0.1, 0.15) is 18.1 Å². The van der Waals surface area contributed by atoms with E-state index in [0.29, 0.717) is 13.0 Å². The Morgan fingerprint density at radius 3 is 2.81 bits per heavy atom. The molecular weight excluding hydrogens is 336 g/mol. The zero-order valence-corrected chi connectivity index (χ0v) is 12.5. The zero-order valence-electron chi connectivity index (χ0n) is 9.30. The molecule has 0 radical (unpaired) electrons. The Balaban J connectivity index is 2.73. The van der Waals surface area contributed by atoms with Gasteiger partial charge in [-0.05, 0) is 31.4 Å². The predicted molar refractivity (Wildman–Crippen MR) is 71.9 cm³/mol. The van der Waals surface area contributed by atoms with E-state index in [0.717, 1.165) is 10.0 Å². The number of aryl methyl sites for hydroxylation is 1. The van der Waals surface area contributed by atoms with Gasteiger partial charge in [-0.3, -0.25) is 4.79 Å². The second-order valence-corrected chi connectivity index (χ2v) is 5.37. The van der Waals surface area contributed by atoms with Gasteiger partial charge in [0.25, 0.3) is 0 Å². The van der Waals surface area contributed by atoms with Gasteiger partial charge in [-0.2, -0.15) is 0 Å². The van der Waals surface area contributed by atoms with Crippen molar-refractivity contribution in [2.75, 3.05) is 6.61 Å². The molecule has 16 heavy (non-hydrogen) atoms. The molecule has 0 aliphatic heterocycles. The van der Waals surface area contributed by atoms with Gasteiger partial charge in [0.05, 0.1) is 6.61 Å². The first-order valence-electron chi connectivity index (χ1n) is 5.11. The molecule has 0 fully saturated rings. The standard InChI is InChI=1S/C12H14Br2O2/c1-3-16-12(15)10(13)7-9-6-4-5-8(2)11(9)14/h4-6,10H,3,7H2,1-2H3. The SMILES string of the molecule is CCOC(=O)C(Br)Cc1cccc(C)c1Br. The smallest absolute Gasteiger partial charge is 0.320 e. The molecule has 1 rings (SSSR count). The van der Waals surface area contributed by atoms with Crippen molar-refractivity contribution >= 4 is 37.8 Å². The van der Waals surface area contributed by atoms with Crippen LogP contribution in [0.15, 0.2) is 22.7 Å². The number of ether oxygens (including phenoxy) is 1. The summed E-state index contributed by atoms with van der Waals surface area (Å²) in [5.74, 6) is -0.212. The molecule has 4 heteroatoms. The summed E-state index contributed by atoms with van der Waals surface area (Å²) in [6.07, 6.45) is 0.626. The number of esters is 1. The van der Waals surface area contributed by atoms with E-state index in [1.807, 2.05) is 25.1 Å². The first kappa shape index (κ1) is 13.7. The van der Waals surface area contributed by atoms with Gasteiger partial charge in [-0.25, -0.2) is 0 Å². The highest BCUT2D eigenvalue weighted by Gasteiger charge is 2.17. The summed E-state index contributed by atoms with van der Waals surface area (Å²) >= 11 is 6.87. The quantitative estimate of drug-likeness (QED) is 0.613. The second kappa shape index (κ2) is 6.40. The fourth-order valence-corrected chi connectivity index (χ4v) is 2.28. The van der Waals surface area contributed by atoms with E-state index < -0.39 is 0 Å². The third kappa shape index (κ3) is 3.59. The van der Waals surface area contributed by atoms with Crippen molar-refractivity contribution in [3.63, 3.8) is 0 Å². The van der Waals surface area contributed by atoms with Crippen LogP contribution in [0.3, 0.4) is 0 Å². The van der Waals surface area contributed by atoms with Crippen molar-refractivity contribution in [2.45, 2.75) is 25.1 Å². The number of hydrogen-bond acceptors (Lipinski definition) is 2. The average molecular weight is 350 g/mol. The Kier molecular flexibility index (Phi) is 5.49. The lowest BCUT2D eigenvalue weighted by Gasteiger charge is -2.11. The Morgan fingerprint density at radius 1 is 1.50 bits per heavy atom. The summed E-state index contributed by atoms with van der Waals surface area (Å²) in [5.41, 5.74) is 2.27. The average Bonchev–Trinajstić information content (AvgIpc) is 2.25. The number of alkyl halides is 1. The van der Waals surface area contributed by atoms with Gasteiger partial charge in [0.2, 0.25) is 0 Å². The van der Waals surface area contributed by atoms with Gasteiger partial charge in [-0.15, -0.1) is 0 Å². The van der Waals surface area contributed by atoms with Crippen LogP contribution in [0.4, 0.5) is 0 Å². The first-order valence-corrected chi connectivity index (χ1v) is 6.81. The minimum absolute atomic E-state index is 0.212. The van der Waals surface area contributed by atoms with Gasteiger partial charge >= 0.3 is 5.97 Å². The summed E-state index contributed by atoms with van der Waals surface area (Å²) in [7, 11) is 0. The number of rotatable bonds is 4. The van der Waals surface area contributed by atoms with E-state index >= 15 is 0 Å². The topological polar surface area (TPSA) is 26.3 Å². The van der Waals surface area contributed by atoms with Crippen molar-refractivity contribution in [3.05, 3.63) is 33.8 Å². The van der Waals surface area contributed by atoms with Crippen LogP contribution in [0.2, 0.25) is 0 Å². The second-order valence-electron chi connectivity index (χ2n) is 3.47. The van der Waals surface area contributed by atoms with Crippen molar-refractivity contribution in [2.24, 2.45) is 0 Å². The van der Waals surface area contributed by atoms with Crippen LogP contribution in [-0.2, 0) is 16.0 Å². The zero-order chi connectivity index (χ0) is 12.1. The maximum atomic E-state index is 11.5. The first-order chi connectivity index (χ1) is 7.56. The molecular formula is C12H14Br2O2. The summed E-state index contributed by atoms with van der Waals surface area (Å²) in [6, 6.07) is 6.02. The minimum atomic E-state index is -0.287. The number of hydrogen-bond donors (Lipinski definition) is 0. The van der Waals surface area contributed by atoms with Crippen LogP contribution >= 0.6 is 31.9 Å². The maximum Gasteiger partial charge on any atom is 0.320 e. The minimum Gasteiger partial charge on any atom is -0.465 e. The van der Waals surface area contributed by atoms with Crippen molar-refractivity contribution < 1.29 is 9.53 Å². The van der Waals surface area contributed by atoms with E-state index in [4.69, 9.17) is 4.74 Å². The lowest BCUT2D eigenvalue weighted by atomic mass is 10.1. The molecule has 0 saturated heterocycles. The van der Waals surface area contributed by atoms with E-state index in [9.17, 15) is 4.79 Å². The van der Waals surface area contributed by atoms with E-state index in [-0.39, 0.29) is 10.8 Å². The highest BCUT2D eigenvalue weighted by Crippen LogP contribution is 2.24. The maximum absolute atomic E-state index is 11.5. The Morgan fingerprint density at radius 2 is 2.19 bits per heavy atom. The molecule has 0 aromatic heterocycles. The van der Waals surface area contributed by atoms with Crippen molar-refractivity contribution in [3.8, 4) is 0 Å². The Labute approximate surface area is 113 Å². The molecule has 1 atom stereocenters. The number of halogens is 2. The monoisotopic (exact) mass is 348 g/mol. The Hall–Kier alpha value is -0.350. The largest absolute Gasteiger partial charge is 0.465 e. The van der Waals surface area contributed by atoms with Gasteiger partial charge in [0.1, 0.15) is 4.83 Å². The summed E-state index contributed by atoms with van der Waals surface area (Å²) in [6.45, 7) is 4.25. The molecule has 0 aliphatic rings. The van der Waals surface area contributed by atoms with E-state index in [2.05, 4.69) is 31.9 Å². The van der Waals surface area contributed by atoms with Gasteiger partial charge < -0.3 is 4.74 Å². The Bertz CT molecular complexity index is 377. The molecule has 0 N–H and O–H groups in total. The molecule has 2 nitrogen and oxygen atoms in total. The lowest BCUT2D eigenvalue weighted by molar-refractivity contribution is -0.142. The molecule has 0 saturated carbocycles. The summed E-state index contributed by atoms with van der Waals surface area (Å²) in [4.78, 5) is 11.2. The van der Waals surface area contributed by atoms with E-state index in [1.54, 1.807) is 6.92 Å². The van der Waals surface area contributed by atoms with Crippen LogP contribution in [0.5, 0.6) is 0 Å². The fourth-order valence-electron chi connectivity index (χ4n) is 1.37. The fraction of sp³-hybridized carbons (Fsp3) is 0.417. The molecule has 1 aromatic carbocycles. The van der Waals surface area contributed by atoms with E-state index in [1.165, 1.54) is 5.56 Å². The predicted octanol–water partition coefficient (Wildman–Crippen LogP) is 3.63.